The minimum absolute atomic E-state index is 0.141. The van der Waals surface area contributed by atoms with Crippen LogP contribution in [0.15, 0.2) is 24.3 Å². The Balaban J connectivity index is 2.29. The number of ether oxygens (including phenoxy) is 1. The van der Waals surface area contributed by atoms with E-state index in [4.69, 9.17) is 4.74 Å². The predicted molar refractivity (Wildman–Crippen MR) is 72.2 cm³/mol. The molecule has 2 rings (SSSR count). The van der Waals surface area contributed by atoms with Gasteiger partial charge in [0.1, 0.15) is 5.75 Å². The van der Waals surface area contributed by atoms with Crippen LogP contribution in [0, 0.1) is 0 Å². The Morgan fingerprint density at radius 3 is 2.44 bits per heavy atom. The van der Waals surface area contributed by atoms with Gasteiger partial charge >= 0.3 is 0 Å². The third-order valence-electron chi connectivity index (χ3n) is 3.80. The maximum absolute atomic E-state index is 12.7. The molecule has 1 aromatic rings. The van der Waals surface area contributed by atoms with Crippen molar-refractivity contribution in [2.24, 2.45) is 0 Å². The van der Waals surface area contributed by atoms with Gasteiger partial charge in [-0.05, 0) is 51.9 Å². The highest BCUT2D eigenvalue weighted by Crippen LogP contribution is 2.28. The summed E-state index contributed by atoms with van der Waals surface area (Å²) in [6.45, 7) is 6.03. The van der Waals surface area contributed by atoms with E-state index in [0.29, 0.717) is 11.3 Å². The van der Waals surface area contributed by atoms with E-state index < -0.39 is 5.54 Å². The summed E-state index contributed by atoms with van der Waals surface area (Å²) in [4.78, 5) is 15.0. The van der Waals surface area contributed by atoms with Gasteiger partial charge in [-0.15, -0.1) is 0 Å². The molecule has 0 aliphatic carbocycles. The number of hydrogen-bond donors (Lipinski definition) is 0. The molecule has 18 heavy (non-hydrogen) atoms. The number of ketones is 1. The normalized spacial score (nSPS) is 16.8. The molecule has 0 amide bonds. The summed E-state index contributed by atoms with van der Waals surface area (Å²) >= 11 is 0. The quantitative estimate of drug-likeness (QED) is 0.766. The first-order valence-corrected chi connectivity index (χ1v) is 6.50. The number of carbonyl (C=O) groups excluding carboxylic acids is 1. The van der Waals surface area contributed by atoms with Crippen LogP contribution in [0.3, 0.4) is 0 Å². The lowest BCUT2D eigenvalue weighted by atomic mass is 9.91. The van der Waals surface area contributed by atoms with Crippen molar-refractivity contribution < 1.29 is 9.53 Å². The molecule has 0 unspecified atom stereocenters. The Bertz CT molecular complexity index is 434. The van der Waals surface area contributed by atoms with E-state index in [1.165, 1.54) is 12.8 Å². The summed E-state index contributed by atoms with van der Waals surface area (Å²) in [7, 11) is 1.61. The Morgan fingerprint density at radius 1 is 1.22 bits per heavy atom. The van der Waals surface area contributed by atoms with E-state index in [0.717, 1.165) is 13.1 Å². The minimum atomic E-state index is -0.453. The van der Waals surface area contributed by atoms with Gasteiger partial charge in [0.05, 0.1) is 18.2 Å². The predicted octanol–water partition coefficient (Wildman–Crippen LogP) is 2.75. The maximum atomic E-state index is 12.7. The third-order valence-corrected chi connectivity index (χ3v) is 3.80. The number of rotatable bonds is 4. The first kappa shape index (κ1) is 13.1. The van der Waals surface area contributed by atoms with Gasteiger partial charge in [-0.25, -0.2) is 0 Å². The van der Waals surface area contributed by atoms with Gasteiger partial charge in [0.25, 0.3) is 0 Å². The Hall–Kier alpha value is -1.35. The highest BCUT2D eigenvalue weighted by atomic mass is 16.5. The zero-order chi connectivity index (χ0) is 13.2. The molecule has 0 atom stereocenters. The standard InChI is InChI=1S/C15H21NO2/c1-15(2,16-10-6-7-11-16)14(17)12-8-4-5-9-13(12)18-3/h4-5,8-9H,6-7,10-11H2,1-3H3. The van der Waals surface area contributed by atoms with Crippen molar-refractivity contribution in [2.75, 3.05) is 20.2 Å². The molecule has 1 heterocycles. The van der Waals surface area contributed by atoms with Gasteiger partial charge in [-0.1, -0.05) is 12.1 Å². The molecular formula is C15H21NO2. The second kappa shape index (κ2) is 5.11. The second-order valence-electron chi connectivity index (χ2n) is 5.28. The van der Waals surface area contributed by atoms with Crippen molar-refractivity contribution >= 4 is 5.78 Å². The number of benzene rings is 1. The van der Waals surface area contributed by atoms with Gasteiger partial charge in [-0.2, -0.15) is 0 Å². The van der Waals surface area contributed by atoms with Crippen LogP contribution in [0.4, 0.5) is 0 Å². The van der Waals surface area contributed by atoms with E-state index in [-0.39, 0.29) is 5.78 Å². The van der Waals surface area contributed by atoms with Gasteiger partial charge in [0.15, 0.2) is 5.78 Å². The van der Waals surface area contributed by atoms with Crippen molar-refractivity contribution in [3.05, 3.63) is 29.8 Å². The molecule has 3 heteroatoms. The van der Waals surface area contributed by atoms with Crippen LogP contribution in [0.2, 0.25) is 0 Å². The molecule has 98 valence electrons. The molecule has 1 aliphatic heterocycles. The summed E-state index contributed by atoms with van der Waals surface area (Å²) in [6, 6.07) is 7.46. The molecule has 0 saturated carbocycles. The van der Waals surface area contributed by atoms with Crippen LogP contribution in [-0.2, 0) is 0 Å². The number of likely N-dealkylation sites (tertiary alicyclic amines) is 1. The van der Waals surface area contributed by atoms with Crippen LogP contribution >= 0.6 is 0 Å². The Morgan fingerprint density at radius 2 is 1.83 bits per heavy atom. The number of Topliss-reactive ketones (excluding diaryl/α,β-unsaturated/α-hetero) is 1. The topological polar surface area (TPSA) is 29.5 Å². The van der Waals surface area contributed by atoms with Crippen molar-refractivity contribution in [1.82, 2.24) is 4.90 Å². The largest absolute Gasteiger partial charge is 0.496 e. The zero-order valence-corrected chi connectivity index (χ0v) is 11.4. The lowest BCUT2D eigenvalue weighted by Gasteiger charge is -2.34. The lowest BCUT2D eigenvalue weighted by Crippen LogP contribution is -2.48. The summed E-state index contributed by atoms with van der Waals surface area (Å²) in [5.74, 6) is 0.802. The van der Waals surface area contributed by atoms with Crippen molar-refractivity contribution in [3.8, 4) is 5.75 Å². The fourth-order valence-corrected chi connectivity index (χ4v) is 2.58. The molecule has 1 aromatic carbocycles. The molecule has 0 N–H and O–H groups in total. The van der Waals surface area contributed by atoms with E-state index >= 15 is 0 Å². The Labute approximate surface area is 109 Å². The number of nitrogens with zero attached hydrogens (tertiary/aromatic N) is 1. The van der Waals surface area contributed by atoms with Gasteiger partial charge < -0.3 is 4.74 Å². The number of para-hydroxylation sites is 1. The summed E-state index contributed by atoms with van der Waals surface area (Å²) in [5, 5.41) is 0. The molecule has 0 aromatic heterocycles. The van der Waals surface area contributed by atoms with E-state index in [1.54, 1.807) is 7.11 Å². The number of hydrogen-bond acceptors (Lipinski definition) is 3. The smallest absolute Gasteiger partial charge is 0.186 e. The lowest BCUT2D eigenvalue weighted by molar-refractivity contribution is 0.0699. The average Bonchev–Trinajstić information content (AvgIpc) is 2.92. The highest BCUT2D eigenvalue weighted by Gasteiger charge is 2.37. The van der Waals surface area contributed by atoms with Crippen LogP contribution in [0.5, 0.6) is 5.75 Å². The Kier molecular flexibility index (Phi) is 3.71. The van der Waals surface area contributed by atoms with E-state index in [2.05, 4.69) is 4.90 Å². The van der Waals surface area contributed by atoms with Gasteiger partial charge in [0.2, 0.25) is 0 Å². The second-order valence-corrected chi connectivity index (χ2v) is 5.28. The molecule has 1 aliphatic rings. The fraction of sp³-hybridized carbons (Fsp3) is 0.533. The molecule has 3 nitrogen and oxygen atoms in total. The summed E-state index contributed by atoms with van der Waals surface area (Å²) < 4.78 is 5.28. The molecule has 1 saturated heterocycles. The van der Waals surface area contributed by atoms with Gasteiger partial charge in [0, 0.05) is 0 Å². The minimum Gasteiger partial charge on any atom is -0.496 e. The monoisotopic (exact) mass is 247 g/mol. The molecule has 1 fully saturated rings. The summed E-state index contributed by atoms with van der Waals surface area (Å²) in [5.41, 5.74) is 0.224. The van der Waals surface area contributed by atoms with E-state index in [9.17, 15) is 4.79 Å². The molecule has 0 bridgehead atoms. The van der Waals surface area contributed by atoms with Crippen molar-refractivity contribution in [2.45, 2.75) is 32.2 Å². The number of methoxy groups -OCH3 is 1. The highest BCUT2D eigenvalue weighted by molar-refractivity contribution is 6.04. The molecule has 0 radical (unpaired) electrons. The molecule has 0 spiro atoms. The summed E-state index contributed by atoms with van der Waals surface area (Å²) in [6.07, 6.45) is 2.37. The van der Waals surface area contributed by atoms with Crippen molar-refractivity contribution in [1.29, 1.82) is 0 Å². The third kappa shape index (κ3) is 2.27. The van der Waals surface area contributed by atoms with Crippen molar-refractivity contribution in [3.63, 3.8) is 0 Å². The SMILES string of the molecule is COc1ccccc1C(=O)C(C)(C)N1CCCC1. The van der Waals surface area contributed by atoms with E-state index in [1.807, 2.05) is 38.1 Å². The molecular weight excluding hydrogens is 226 g/mol. The zero-order valence-electron chi connectivity index (χ0n) is 11.4. The van der Waals surface area contributed by atoms with Crippen LogP contribution in [-0.4, -0.2) is 36.4 Å². The first-order valence-electron chi connectivity index (χ1n) is 6.50. The number of carbonyl (C=O) groups is 1. The van der Waals surface area contributed by atoms with Crippen LogP contribution in [0.1, 0.15) is 37.0 Å². The van der Waals surface area contributed by atoms with Crippen LogP contribution in [0.25, 0.3) is 0 Å². The first-order chi connectivity index (χ1) is 8.57. The average molecular weight is 247 g/mol. The maximum Gasteiger partial charge on any atom is 0.186 e. The van der Waals surface area contributed by atoms with Crippen LogP contribution < -0.4 is 4.74 Å². The van der Waals surface area contributed by atoms with Gasteiger partial charge in [-0.3, -0.25) is 9.69 Å². The fourth-order valence-electron chi connectivity index (χ4n) is 2.58.